The van der Waals surface area contributed by atoms with Crippen LogP contribution in [-0.2, 0) is 10.0 Å². The van der Waals surface area contributed by atoms with Crippen LogP contribution >= 0.6 is 0 Å². The van der Waals surface area contributed by atoms with Crippen LogP contribution in [0, 0.1) is 0 Å². The van der Waals surface area contributed by atoms with Crippen LogP contribution in [0.5, 0.6) is 5.75 Å². The van der Waals surface area contributed by atoms with Gasteiger partial charge in [-0.2, -0.15) is 0 Å². The van der Waals surface area contributed by atoms with Crippen LogP contribution in [-0.4, -0.2) is 13.5 Å². The summed E-state index contributed by atoms with van der Waals surface area (Å²) in [5.41, 5.74) is 0. The fraction of sp³-hybridized carbons (Fsp3) is 0. The van der Waals surface area contributed by atoms with Gasteiger partial charge in [0.15, 0.2) is 0 Å². The molecule has 0 aliphatic carbocycles. The highest BCUT2D eigenvalue weighted by molar-refractivity contribution is 7.89. The van der Waals surface area contributed by atoms with E-state index in [4.69, 9.17) is 5.14 Å². The van der Waals surface area contributed by atoms with Crippen LogP contribution in [0.4, 0.5) is 0 Å². The minimum absolute atomic E-state index is 0.222. The lowest BCUT2D eigenvalue weighted by atomic mass is 10.1. The van der Waals surface area contributed by atoms with Crippen molar-refractivity contribution in [3.05, 3.63) is 36.4 Å². The maximum atomic E-state index is 11.3. The molecule has 0 amide bonds. The molecule has 15 heavy (non-hydrogen) atoms. The van der Waals surface area contributed by atoms with Crippen molar-refractivity contribution in [2.24, 2.45) is 5.14 Å². The van der Waals surface area contributed by atoms with Gasteiger partial charge in [-0.25, -0.2) is 13.6 Å². The summed E-state index contributed by atoms with van der Waals surface area (Å²) < 4.78 is 22.6. The molecular weight excluding hydrogens is 214 g/mol. The SMILES string of the molecule is NS(=O)(=O)c1c(O)ccc2ccccc12. The van der Waals surface area contributed by atoms with E-state index in [1.807, 2.05) is 0 Å². The monoisotopic (exact) mass is 223 g/mol. The molecule has 0 heterocycles. The predicted molar refractivity (Wildman–Crippen MR) is 57.0 cm³/mol. The molecule has 3 N–H and O–H groups in total. The van der Waals surface area contributed by atoms with Crippen LogP contribution in [0.3, 0.4) is 0 Å². The van der Waals surface area contributed by atoms with E-state index in [0.29, 0.717) is 5.39 Å². The predicted octanol–water partition coefficient (Wildman–Crippen LogP) is 1.19. The molecule has 0 aliphatic rings. The summed E-state index contributed by atoms with van der Waals surface area (Å²) in [6.45, 7) is 0. The zero-order valence-electron chi connectivity index (χ0n) is 7.71. The van der Waals surface area contributed by atoms with E-state index in [0.717, 1.165) is 5.39 Å². The van der Waals surface area contributed by atoms with Crippen molar-refractivity contribution >= 4 is 20.8 Å². The standard InChI is InChI=1S/C10H9NO3S/c11-15(13,14)10-8-4-2-1-3-7(8)5-6-9(10)12/h1-6,12H,(H2,11,13,14). The smallest absolute Gasteiger partial charge is 0.242 e. The minimum atomic E-state index is -3.91. The fourth-order valence-corrected chi connectivity index (χ4v) is 2.38. The van der Waals surface area contributed by atoms with Gasteiger partial charge < -0.3 is 5.11 Å². The second kappa shape index (κ2) is 3.22. The summed E-state index contributed by atoms with van der Waals surface area (Å²) in [5, 5.41) is 15.7. The van der Waals surface area contributed by atoms with E-state index in [1.165, 1.54) is 6.07 Å². The molecule has 0 bridgehead atoms. The molecule has 4 nitrogen and oxygen atoms in total. The van der Waals surface area contributed by atoms with Crippen LogP contribution < -0.4 is 5.14 Å². The molecule has 0 aromatic heterocycles. The second-order valence-corrected chi connectivity index (χ2v) is 4.68. The zero-order valence-corrected chi connectivity index (χ0v) is 8.53. The summed E-state index contributed by atoms with van der Waals surface area (Å²) >= 11 is 0. The first kappa shape index (κ1) is 9.95. The third-order valence-corrected chi connectivity index (χ3v) is 3.14. The van der Waals surface area contributed by atoms with Gasteiger partial charge in [0.05, 0.1) is 0 Å². The number of phenols is 1. The molecule has 2 aromatic carbocycles. The number of hydrogen-bond acceptors (Lipinski definition) is 3. The molecule has 78 valence electrons. The lowest BCUT2D eigenvalue weighted by molar-refractivity contribution is 0.461. The van der Waals surface area contributed by atoms with Crippen molar-refractivity contribution < 1.29 is 13.5 Å². The van der Waals surface area contributed by atoms with E-state index in [9.17, 15) is 13.5 Å². The maximum Gasteiger partial charge on any atom is 0.242 e. The highest BCUT2D eigenvalue weighted by atomic mass is 32.2. The van der Waals surface area contributed by atoms with Crippen LogP contribution in [0.15, 0.2) is 41.3 Å². The van der Waals surface area contributed by atoms with Gasteiger partial charge in [0.2, 0.25) is 10.0 Å². The number of phenolic OH excluding ortho intramolecular Hbond substituents is 1. The molecular formula is C10H9NO3S. The molecule has 0 spiro atoms. The van der Waals surface area contributed by atoms with Crippen molar-refractivity contribution in [1.82, 2.24) is 0 Å². The number of benzene rings is 2. The Morgan fingerprint density at radius 2 is 1.73 bits per heavy atom. The number of nitrogens with two attached hydrogens (primary N) is 1. The summed E-state index contributed by atoms with van der Waals surface area (Å²) in [6.07, 6.45) is 0. The molecule has 2 aromatic rings. The van der Waals surface area contributed by atoms with Crippen molar-refractivity contribution in [1.29, 1.82) is 0 Å². The lowest BCUT2D eigenvalue weighted by Gasteiger charge is -2.06. The van der Waals surface area contributed by atoms with Gasteiger partial charge in [0.25, 0.3) is 0 Å². The quantitative estimate of drug-likeness (QED) is 0.762. The van der Waals surface area contributed by atoms with Crippen molar-refractivity contribution in [3.8, 4) is 5.75 Å². The zero-order chi connectivity index (χ0) is 11.1. The Morgan fingerprint density at radius 3 is 2.40 bits per heavy atom. The van der Waals surface area contributed by atoms with Gasteiger partial charge in [0.1, 0.15) is 10.6 Å². The van der Waals surface area contributed by atoms with Crippen molar-refractivity contribution in [2.45, 2.75) is 4.90 Å². The van der Waals surface area contributed by atoms with Gasteiger partial charge in [-0.3, -0.25) is 0 Å². The molecule has 0 saturated carbocycles. The maximum absolute atomic E-state index is 11.3. The highest BCUT2D eigenvalue weighted by Crippen LogP contribution is 2.29. The average Bonchev–Trinajstić information content (AvgIpc) is 2.15. The molecule has 0 radical (unpaired) electrons. The second-order valence-electron chi connectivity index (χ2n) is 3.18. The number of sulfonamides is 1. The van der Waals surface area contributed by atoms with Crippen LogP contribution in [0.2, 0.25) is 0 Å². The van der Waals surface area contributed by atoms with E-state index in [-0.39, 0.29) is 10.6 Å². The lowest BCUT2D eigenvalue weighted by Crippen LogP contribution is -2.12. The molecule has 0 fully saturated rings. The molecule has 0 unspecified atom stereocenters. The van der Waals surface area contributed by atoms with Gasteiger partial charge in [-0.15, -0.1) is 0 Å². The topological polar surface area (TPSA) is 80.4 Å². The molecule has 2 rings (SSSR count). The Balaban J connectivity index is 2.99. The summed E-state index contributed by atoms with van der Waals surface area (Å²) in [4.78, 5) is -0.222. The van der Waals surface area contributed by atoms with Crippen molar-refractivity contribution in [2.75, 3.05) is 0 Å². The van der Waals surface area contributed by atoms with Crippen LogP contribution in [0.1, 0.15) is 0 Å². The first-order valence-electron chi connectivity index (χ1n) is 4.23. The Hall–Kier alpha value is -1.59. The number of hydrogen-bond donors (Lipinski definition) is 2. The first-order valence-corrected chi connectivity index (χ1v) is 5.78. The number of rotatable bonds is 1. The molecule has 0 aliphatic heterocycles. The van der Waals surface area contributed by atoms with E-state index in [2.05, 4.69) is 0 Å². The fourth-order valence-electron chi connectivity index (χ4n) is 1.53. The largest absolute Gasteiger partial charge is 0.507 e. The van der Waals surface area contributed by atoms with E-state index in [1.54, 1.807) is 30.3 Å². The van der Waals surface area contributed by atoms with Gasteiger partial charge in [-0.1, -0.05) is 30.3 Å². The Bertz CT molecular complexity index is 620. The van der Waals surface area contributed by atoms with Crippen LogP contribution in [0.25, 0.3) is 10.8 Å². The number of fused-ring (bicyclic) bond motifs is 1. The Morgan fingerprint density at radius 1 is 1.07 bits per heavy atom. The van der Waals surface area contributed by atoms with E-state index >= 15 is 0 Å². The minimum Gasteiger partial charge on any atom is -0.507 e. The van der Waals surface area contributed by atoms with Gasteiger partial charge in [-0.05, 0) is 11.5 Å². The number of primary sulfonamides is 1. The Kier molecular flexibility index (Phi) is 2.13. The summed E-state index contributed by atoms with van der Waals surface area (Å²) in [7, 11) is -3.91. The third kappa shape index (κ3) is 1.67. The van der Waals surface area contributed by atoms with E-state index < -0.39 is 10.0 Å². The number of aromatic hydroxyl groups is 1. The molecule has 5 heteroatoms. The molecule has 0 atom stereocenters. The molecule has 0 saturated heterocycles. The average molecular weight is 223 g/mol. The summed E-state index contributed by atoms with van der Waals surface area (Å²) in [5.74, 6) is -0.323. The Labute approximate surface area is 87.0 Å². The summed E-state index contributed by atoms with van der Waals surface area (Å²) in [6, 6.07) is 9.79. The van der Waals surface area contributed by atoms with Crippen molar-refractivity contribution in [3.63, 3.8) is 0 Å². The highest BCUT2D eigenvalue weighted by Gasteiger charge is 2.17. The van der Waals surface area contributed by atoms with Gasteiger partial charge >= 0.3 is 0 Å². The first-order chi connectivity index (χ1) is 7.00. The third-order valence-electron chi connectivity index (χ3n) is 2.14. The van der Waals surface area contributed by atoms with Gasteiger partial charge in [0, 0.05) is 5.39 Å². The normalized spacial score (nSPS) is 11.8.